The molecule has 21 heavy (non-hydrogen) atoms. The number of likely N-dealkylation sites (N-methyl/N-ethyl adjacent to an activating group) is 1. The maximum Gasteiger partial charge on any atom is 0.124 e. The molecule has 2 N–H and O–H groups in total. The molecule has 0 amide bonds. The van der Waals surface area contributed by atoms with Crippen molar-refractivity contribution in [3.63, 3.8) is 0 Å². The summed E-state index contributed by atoms with van der Waals surface area (Å²) in [7, 11) is 2.18. The minimum absolute atomic E-state index is 0.235. The van der Waals surface area contributed by atoms with Crippen molar-refractivity contribution in [2.75, 3.05) is 26.8 Å². The molecule has 1 aliphatic heterocycles. The summed E-state index contributed by atoms with van der Waals surface area (Å²) < 4.78 is 5.81. The third-order valence-corrected chi connectivity index (χ3v) is 4.20. The Morgan fingerprint density at radius 1 is 1.38 bits per heavy atom. The first-order valence-corrected chi connectivity index (χ1v) is 7.95. The van der Waals surface area contributed by atoms with Crippen LogP contribution in [0.4, 0.5) is 0 Å². The summed E-state index contributed by atoms with van der Waals surface area (Å²) in [6, 6.07) is 5.10. The molecule has 0 aliphatic carbocycles. The summed E-state index contributed by atoms with van der Waals surface area (Å²) >= 11 is 0. The topological polar surface area (TPSA) is 44.7 Å². The summed E-state index contributed by atoms with van der Waals surface area (Å²) in [4.78, 5) is 2.39. The van der Waals surface area contributed by atoms with Crippen LogP contribution in [-0.4, -0.2) is 42.9 Å². The molecule has 1 unspecified atom stereocenters. The van der Waals surface area contributed by atoms with Crippen molar-refractivity contribution in [3.8, 4) is 5.75 Å². The molecule has 1 aliphatic rings. The van der Waals surface area contributed by atoms with Gasteiger partial charge in [-0.2, -0.15) is 0 Å². The van der Waals surface area contributed by atoms with Crippen LogP contribution < -0.4 is 10.1 Å². The highest BCUT2D eigenvalue weighted by molar-refractivity contribution is 5.44. The maximum atomic E-state index is 8.85. The molecule has 4 heteroatoms. The third kappa shape index (κ3) is 4.19. The van der Waals surface area contributed by atoms with Crippen molar-refractivity contribution in [2.24, 2.45) is 0 Å². The van der Waals surface area contributed by atoms with Crippen molar-refractivity contribution in [1.29, 1.82) is 0 Å². The van der Waals surface area contributed by atoms with E-state index in [2.05, 4.69) is 36.3 Å². The summed E-state index contributed by atoms with van der Waals surface area (Å²) in [5.74, 6) is 0.996. The van der Waals surface area contributed by atoms with Gasteiger partial charge in [0.1, 0.15) is 5.75 Å². The zero-order valence-corrected chi connectivity index (χ0v) is 13.5. The van der Waals surface area contributed by atoms with E-state index in [1.54, 1.807) is 0 Å². The summed E-state index contributed by atoms with van der Waals surface area (Å²) in [5, 5.41) is 12.2. The molecule has 2 rings (SSSR count). The Morgan fingerprint density at radius 3 is 2.90 bits per heavy atom. The lowest BCUT2D eigenvalue weighted by molar-refractivity contribution is 0.230. The number of hydrogen-bond donors (Lipinski definition) is 2. The van der Waals surface area contributed by atoms with E-state index in [9.17, 15) is 0 Å². The highest BCUT2D eigenvalue weighted by atomic mass is 16.5. The van der Waals surface area contributed by atoms with Crippen LogP contribution in [0.25, 0.3) is 0 Å². The van der Waals surface area contributed by atoms with Crippen LogP contribution in [-0.2, 0) is 19.5 Å². The number of hydrogen-bond acceptors (Lipinski definition) is 4. The van der Waals surface area contributed by atoms with E-state index in [1.807, 2.05) is 6.92 Å². The number of rotatable bonds is 7. The molecule has 4 nitrogen and oxygen atoms in total. The van der Waals surface area contributed by atoms with Gasteiger partial charge in [0.25, 0.3) is 0 Å². The normalized spacial score (nSPS) is 18.6. The first kappa shape index (κ1) is 16.3. The molecule has 1 atom stereocenters. The van der Waals surface area contributed by atoms with E-state index < -0.39 is 0 Å². The average Bonchev–Trinajstić information content (AvgIpc) is 2.46. The first-order chi connectivity index (χ1) is 10.2. The second-order valence-electron chi connectivity index (χ2n) is 5.88. The van der Waals surface area contributed by atoms with Crippen LogP contribution in [0.2, 0.25) is 0 Å². The lowest BCUT2D eigenvalue weighted by Crippen LogP contribution is -2.35. The molecule has 0 spiro atoms. The van der Waals surface area contributed by atoms with E-state index in [1.165, 1.54) is 16.7 Å². The lowest BCUT2D eigenvalue weighted by Gasteiger charge is -2.32. The van der Waals surface area contributed by atoms with Gasteiger partial charge in [-0.15, -0.1) is 0 Å². The monoisotopic (exact) mass is 292 g/mol. The number of fused-ring (bicyclic) bond motifs is 1. The van der Waals surface area contributed by atoms with Gasteiger partial charge in [-0.1, -0.05) is 6.07 Å². The van der Waals surface area contributed by atoms with Gasteiger partial charge in [-0.05, 0) is 57.5 Å². The summed E-state index contributed by atoms with van der Waals surface area (Å²) in [6.45, 7) is 7.85. The maximum absolute atomic E-state index is 8.85. The summed E-state index contributed by atoms with van der Waals surface area (Å²) in [5.41, 5.74) is 4.06. The van der Waals surface area contributed by atoms with Crippen molar-refractivity contribution in [3.05, 3.63) is 28.8 Å². The molecular weight excluding hydrogens is 264 g/mol. The molecule has 1 aromatic rings. The zero-order valence-electron chi connectivity index (χ0n) is 13.5. The van der Waals surface area contributed by atoms with Gasteiger partial charge >= 0.3 is 0 Å². The number of nitrogens with zero attached hydrogens (tertiary/aromatic N) is 1. The number of aliphatic hydroxyl groups excluding tert-OH is 1. The van der Waals surface area contributed by atoms with Crippen molar-refractivity contribution >= 4 is 0 Å². The minimum atomic E-state index is 0.235. The van der Waals surface area contributed by atoms with Crippen LogP contribution in [0.15, 0.2) is 12.1 Å². The Kier molecular flexibility index (Phi) is 6.03. The number of aliphatic hydroxyl groups is 1. The highest BCUT2D eigenvalue weighted by Gasteiger charge is 2.21. The molecule has 0 aromatic heterocycles. The van der Waals surface area contributed by atoms with Gasteiger partial charge in [0.2, 0.25) is 0 Å². The van der Waals surface area contributed by atoms with E-state index >= 15 is 0 Å². The molecule has 1 heterocycles. The van der Waals surface area contributed by atoms with Crippen molar-refractivity contribution < 1.29 is 9.84 Å². The van der Waals surface area contributed by atoms with Gasteiger partial charge in [0, 0.05) is 31.3 Å². The van der Waals surface area contributed by atoms with Gasteiger partial charge < -0.3 is 15.2 Å². The highest BCUT2D eigenvalue weighted by Crippen LogP contribution is 2.29. The lowest BCUT2D eigenvalue weighted by atomic mass is 9.93. The molecule has 0 fully saturated rings. The Balaban J connectivity index is 2.16. The fraction of sp³-hybridized carbons (Fsp3) is 0.647. The molecule has 0 saturated heterocycles. The SMILES string of the molecule is CCOc1cc2c(cc1CNCCCO)CC(C)N(C)C2. The van der Waals surface area contributed by atoms with E-state index in [-0.39, 0.29) is 6.61 Å². The third-order valence-electron chi connectivity index (χ3n) is 4.20. The predicted molar refractivity (Wildman–Crippen MR) is 85.7 cm³/mol. The number of benzene rings is 1. The van der Waals surface area contributed by atoms with Gasteiger partial charge in [0.05, 0.1) is 6.61 Å². The molecular formula is C17H28N2O2. The standard InChI is InChI=1S/C17H28N2O2/c1-4-21-17-10-16-12-19(3)13(2)8-14(16)9-15(17)11-18-6-5-7-20/h9-10,13,18,20H,4-8,11-12H2,1-3H3. The second-order valence-corrected chi connectivity index (χ2v) is 5.88. The Hall–Kier alpha value is -1.10. The fourth-order valence-electron chi connectivity index (χ4n) is 2.81. The Bertz CT molecular complexity index is 462. The van der Waals surface area contributed by atoms with Crippen molar-refractivity contribution in [1.82, 2.24) is 10.2 Å². The molecule has 118 valence electrons. The molecule has 0 saturated carbocycles. The van der Waals surface area contributed by atoms with Crippen LogP contribution in [0, 0.1) is 0 Å². The smallest absolute Gasteiger partial charge is 0.124 e. The molecule has 0 bridgehead atoms. The largest absolute Gasteiger partial charge is 0.494 e. The molecule has 0 radical (unpaired) electrons. The second kappa shape index (κ2) is 7.78. The average molecular weight is 292 g/mol. The van der Waals surface area contributed by atoms with Crippen LogP contribution in [0.3, 0.4) is 0 Å². The zero-order chi connectivity index (χ0) is 15.2. The fourth-order valence-corrected chi connectivity index (χ4v) is 2.81. The van der Waals surface area contributed by atoms with Gasteiger partial charge in [-0.3, -0.25) is 4.90 Å². The predicted octanol–water partition coefficient (Wildman–Crippen LogP) is 1.93. The first-order valence-electron chi connectivity index (χ1n) is 7.95. The van der Waals surface area contributed by atoms with Crippen LogP contribution in [0.1, 0.15) is 37.0 Å². The summed E-state index contributed by atoms with van der Waals surface area (Å²) in [6.07, 6.45) is 1.89. The van der Waals surface area contributed by atoms with E-state index in [0.29, 0.717) is 12.6 Å². The van der Waals surface area contributed by atoms with Crippen LogP contribution >= 0.6 is 0 Å². The molecule has 1 aromatic carbocycles. The Morgan fingerprint density at radius 2 is 2.19 bits per heavy atom. The minimum Gasteiger partial charge on any atom is -0.494 e. The quantitative estimate of drug-likeness (QED) is 0.754. The van der Waals surface area contributed by atoms with Crippen LogP contribution in [0.5, 0.6) is 5.75 Å². The number of ether oxygens (including phenoxy) is 1. The van der Waals surface area contributed by atoms with Gasteiger partial charge in [-0.25, -0.2) is 0 Å². The van der Waals surface area contributed by atoms with Gasteiger partial charge in [0.15, 0.2) is 0 Å². The van der Waals surface area contributed by atoms with Crippen molar-refractivity contribution in [2.45, 2.75) is 45.8 Å². The Labute approximate surface area is 128 Å². The van der Waals surface area contributed by atoms with E-state index in [0.717, 1.165) is 38.2 Å². The van der Waals surface area contributed by atoms with E-state index in [4.69, 9.17) is 9.84 Å². The number of nitrogens with one attached hydrogen (secondary N) is 1.